The highest BCUT2D eigenvalue weighted by Crippen LogP contribution is 2.29. The summed E-state index contributed by atoms with van der Waals surface area (Å²) in [6.45, 7) is 9.75. The van der Waals surface area contributed by atoms with Crippen LogP contribution in [0.2, 0.25) is 0 Å². The Balaban J connectivity index is 1.83. The second-order valence-corrected chi connectivity index (χ2v) is 9.54. The zero-order chi connectivity index (χ0) is 23.1. The first-order valence-corrected chi connectivity index (χ1v) is 12.3. The minimum atomic E-state index is -0.222. The molecule has 0 aromatic heterocycles. The molecule has 174 valence electrons. The second kappa shape index (κ2) is 11.6. The first-order valence-electron chi connectivity index (χ1n) is 12.3. The third-order valence-corrected chi connectivity index (χ3v) is 6.69. The summed E-state index contributed by atoms with van der Waals surface area (Å²) in [7, 11) is 0. The maximum Gasteiger partial charge on any atom is 0.241 e. The highest BCUT2D eigenvalue weighted by atomic mass is 19.1. The predicted molar refractivity (Wildman–Crippen MR) is 132 cm³/mol. The molecule has 0 spiro atoms. The molecule has 0 aliphatic carbocycles. The first kappa shape index (κ1) is 24.4. The Bertz CT molecular complexity index is 863. The standard InChI is InChI=1S/C28H39FN2O/c1-5-10-24(11-6-2)31(25-14-15-27(29)22(4)17-25)28(32)20-30-19-21(3)16-26(30)18-23-12-8-7-9-13-23/h7-9,12-15,17,21,24,26H,5-6,10-11,16,18-20H2,1-4H3. The Morgan fingerprint density at radius 1 is 1.12 bits per heavy atom. The summed E-state index contributed by atoms with van der Waals surface area (Å²) in [5.41, 5.74) is 2.74. The molecule has 0 bridgehead atoms. The fraction of sp³-hybridized carbons (Fsp3) is 0.536. The van der Waals surface area contributed by atoms with Crippen molar-refractivity contribution in [3.63, 3.8) is 0 Å². The molecule has 0 saturated carbocycles. The minimum absolute atomic E-state index is 0.134. The van der Waals surface area contributed by atoms with E-state index in [0.717, 1.165) is 50.8 Å². The maximum absolute atomic E-state index is 14.0. The maximum atomic E-state index is 14.0. The van der Waals surface area contributed by atoms with Crippen molar-refractivity contribution in [1.29, 1.82) is 0 Å². The average molecular weight is 439 g/mol. The Kier molecular flexibility index (Phi) is 8.86. The highest BCUT2D eigenvalue weighted by Gasteiger charge is 2.33. The van der Waals surface area contributed by atoms with Gasteiger partial charge in [0.2, 0.25) is 5.91 Å². The summed E-state index contributed by atoms with van der Waals surface area (Å²) in [5.74, 6) is 0.496. The highest BCUT2D eigenvalue weighted by molar-refractivity contribution is 5.95. The topological polar surface area (TPSA) is 23.6 Å². The van der Waals surface area contributed by atoms with Crippen molar-refractivity contribution in [2.75, 3.05) is 18.0 Å². The van der Waals surface area contributed by atoms with Crippen LogP contribution in [0.25, 0.3) is 0 Å². The Labute approximate surface area is 193 Å². The van der Waals surface area contributed by atoms with Gasteiger partial charge < -0.3 is 4.90 Å². The number of likely N-dealkylation sites (tertiary alicyclic amines) is 1. The van der Waals surface area contributed by atoms with Gasteiger partial charge in [0.05, 0.1) is 6.54 Å². The number of amides is 1. The summed E-state index contributed by atoms with van der Waals surface area (Å²) in [6, 6.07) is 16.2. The van der Waals surface area contributed by atoms with Crippen LogP contribution in [0.15, 0.2) is 48.5 Å². The van der Waals surface area contributed by atoms with Gasteiger partial charge in [-0.25, -0.2) is 4.39 Å². The number of carbonyl (C=O) groups excluding carboxylic acids is 1. The van der Waals surface area contributed by atoms with Crippen molar-refractivity contribution in [2.45, 2.75) is 78.3 Å². The van der Waals surface area contributed by atoms with E-state index in [1.54, 1.807) is 13.0 Å². The molecule has 1 aliphatic rings. The number of anilines is 1. The Morgan fingerprint density at radius 2 is 1.81 bits per heavy atom. The van der Waals surface area contributed by atoms with Crippen molar-refractivity contribution in [1.82, 2.24) is 4.90 Å². The van der Waals surface area contributed by atoms with Gasteiger partial charge in [0.25, 0.3) is 0 Å². The third-order valence-electron chi connectivity index (χ3n) is 6.69. The van der Waals surface area contributed by atoms with E-state index in [9.17, 15) is 9.18 Å². The van der Waals surface area contributed by atoms with E-state index >= 15 is 0 Å². The van der Waals surface area contributed by atoms with Crippen molar-refractivity contribution in [3.8, 4) is 0 Å². The summed E-state index contributed by atoms with van der Waals surface area (Å²) < 4.78 is 14.0. The van der Waals surface area contributed by atoms with Crippen LogP contribution in [0.4, 0.5) is 10.1 Å². The fourth-order valence-corrected chi connectivity index (χ4v) is 5.19. The van der Waals surface area contributed by atoms with E-state index in [2.05, 4.69) is 49.9 Å². The van der Waals surface area contributed by atoms with Gasteiger partial charge in [0, 0.05) is 24.3 Å². The van der Waals surface area contributed by atoms with Crippen LogP contribution in [0.1, 0.15) is 64.0 Å². The van der Waals surface area contributed by atoms with Gasteiger partial charge in [-0.3, -0.25) is 9.69 Å². The Hall–Kier alpha value is -2.20. The largest absolute Gasteiger partial charge is 0.308 e. The number of carbonyl (C=O) groups is 1. The molecule has 1 aliphatic heterocycles. The minimum Gasteiger partial charge on any atom is -0.308 e. The van der Waals surface area contributed by atoms with Gasteiger partial charge in [0.15, 0.2) is 0 Å². The number of aryl methyl sites for hydroxylation is 1. The van der Waals surface area contributed by atoms with Crippen LogP contribution in [-0.2, 0) is 11.2 Å². The van der Waals surface area contributed by atoms with Crippen LogP contribution < -0.4 is 4.90 Å². The van der Waals surface area contributed by atoms with Gasteiger partial charge >= 0.3 is 0 Å². The summed E-state index contributed by atoms with van der Waals surface area (Å²) >= 11 is 0. The van der Waals surface area contributed by atoms with Crippen LogP contribution in [0.5, 0.6) is 0 Å². The van der Waals surface area contributed by atoms with Gasteiger partial charge in [-0.05, 0) is 67.9 Å². The number of halogens is 1. The van der Waals surface area contributed by atoms with Gasteiger partial charge in [-0.15, -0.1) is 0 Å². The van der Waals surface area contributed by atoms with E-state index < -0.39 is 0 Å². The van der Waals surface area contributed by atoms with Crippen molar-refractivity contribution < 1.29 is 9.18 Å². The molecule has 2 unspecified atom stereocenters. The Morgan fingerprint density at radius 3 is 2.44 bits per heavy atom. The molecule has 0 radical (unpaired) electrons. The number of rotatable bonds is 10. The molecule has 32 heavy (non-hydrogen) atoms. The summed E-state index contributed by atoms with van der Waals surface area (Å²) in [6.07, 6.45) is 6.05. The van der Waals surface area contributed by atoms with Gasteiger partial charge in [-0.2, -0.15) is 0 Å². The quantitative estimate of drug-likeness (QED) is 0.429. The molecule has 2 atom stereocenters. The molecule has 1 fully saturated rings. The van der Waals surface area contributed by atoms with Crippen LogP contribution in [0.3, 0.4) is 0 Å². The molecule has 1 saturated heterocycles. The molecule has 3 rings (SSSR count). The van der Waals surface area contributed by atoms with Gasteiger partial charge in [-0.1, -0.05) is 63.9 Å². The molecule has 1 heterocycles. The average Bonchev–Trinajstić information content (AvgIpc) is 3.10. The predicted octanol–water partition coefficient (Wildman–Crippen LogP) is 6.39. The van der Waals surface area contributed by atoms with Gasteiger partial charge in [0.1, 0.15) is 5.82 Å². The first-order chi connectivity index (χ1) is 15.4. The zero-order valence-corrected chi connectivity index (χ0v) is 20.2. The summed E-state index contributed by atoms with van der Waals surface area (Å²) in [4.78, 5) is 18.1. The molecular formula is C28H39FN2O. The van der Waals surface area contributed by atoms with E-state index in [4.69, 9.17) is 0 Å². The van der Waals surface area contributed by atoms with Crippen molar-refractivity contribution >= 4 is 11.6 Å². The normalized spacial score (nSPS) is 18.9. The lowest BCUT2D eigenvalue weighted by Gasteiger charge is -2.34. The molecular weight excluding hydrogens is 399 g/mol. The molecule has 0 N–H and O–H groups in total. The van der Waals surface area contributed by atoms with Crippen LogP contribution in [-0.4, -0.2) is 36.0 Å². The van der Waals surface area contributed by atoms with Crippen molar-refractivity contribution in [2.24, 2.45) is 5.92 Å². The van der Waals surface area contributed by atoms with E-state index in [1.165, 1.54) is 11.6 Å². The lowest BCUT2D eigenvalue weighted by Crippen LogP contribution is -2.47. The number of hydrogen-bond donors (Lipinski definition) is 0. The number of hydrogen-bond acceptors (Lipinski definition) is 2. The molecule has 4 heteroatoms. The molecule has 1 amide bonds. The fourth-order valence-electron chi connectivity index (χ4n) is 5.19. The lowest BCUT2D eigenvalue weighted by atomic mass is 10.0. The monoisotopic (exact) mass is 438 g/mol. The SMILES string of the molecule is CCCC(CCC)N(C(=O)CN1CC(C)CC1Cc1ccccc1)c1ccc(F)c(C)c1. The zero-order valence-electron chi connectivity index (χ0n) is 20.2. The third kappa shape index (κ3) is 6.19. The molecule has 3 nitrogen and oxygen atoms in total. The van der Waals surface area contributed by atoms with E-state index in [1.807, 2.05) is 17.0 Å². The second-order valence-electron chi connectivity index (χ2n) is 9.54. The van der Waals surface area contributed by atoms with E-state index in [0.29, 0.717) is 24.1 Å². The van der Waals surface area contributed by atoms with Crippen LogP contribution in [0, 0.1) is 18.7 Å². The number of benzene rings is 2. The van der Waals surface area contributed by atoms with Crippen molar-refractivity contribution in [3.05, 3.63) is 65.5 Å². The molecule has 2 aromatic rings. The number of nitrogens with zero attached hydrogens (tertiary/aromatic N) is 2. The smallest absolute Gasteiger partial charge is 0.241 e. The lowest BCUT2D eigenvalue weighted by molar-refractivity contribution is -0.120. The van der Waals surface area contributed by atoms with E-state index in [-0.39, 0.29) is 17.8 Å². The molecule has 2 aromatic carbocycles. The summed E-state index contributed by atoms with van der Waals surface area (Å²) in [5, 5.41) is 0. The van der Waals surface area contributed by atoms with Crippen LogP contribution >= 0.6 is 0 Å².